The molecule has 31 heavy (non-hydrogen) atoms. The normalized spacial score (nSPS) is 22.5. The Morgan fingerprint density at radius 1 is 1.13 bits per heavy atom. The Balaban J connectivity index is 1.65. The van der Waals surface area contributed by atoms with E-state index in [1.807, 2.05) is 12.1 Å². The van der Waals surface area contributed by atoms with Gasteiger partial charge in [0.1, 0.15) is 18.1 Å². The molecule has 1 saturated heterocycles. The highest BCUT2D eigenvalue weighted by atomic mass is 16.5. The summed E-state index contributed by atoms with van der Waals surface area (Å²) in [7, 11) is 1.70. The fourth-order valence-electron chi connectivity index (χ4n) is 4.42. The Bertz CT molecular complexity index is 914. The molecule has 1 N–H and O–H groups in total. The number of carbonyl (C=O) groups excluding carboxylic acids is 1. The largest absolute Gasteiger partial charge is 0.496 e. The SMILES string of the molecule is COc1ccc(C)cc1-c1ccc2c(c1)CN1CCCC(C1)C(=O)NCCOCCO2. The second kappa shape index (κ2) is 10.2. The summed E-state index contributed by atoms with van der Waals surface area (Å²) in [6.07, 6.45) is 1.96. The number of hydrogen-bond donors (Lipinski definition) is 1. The molecule has 166 valence electrons. The first-order chi connectivity index (χ1) is 15.1. The van der Waals surface area contributed by atoms with Crippen LogP contribution in [0.4, 0.5) is 0 Å². The summed E-state index contributed by atoms with van der Waals surface area (Å²) in [4.78, 5) is 14.9. The molecule has 0 spiro atoms. The average Bonchev–Trinajstić information content (AvgIpc) is 2.78. The van der Waals surface area contributed by atoms with E-state index < -0.39 is 0 Å². The van der Waals surface area contributed by atoms with Crippen LogP contribution in [0, 0.1) is 12.8 Å². The molecule has 2 atom stereocenters. The Hall–Kier alpha value is -2.57. The van der Waals surface area contributed by atoms with Crippen LogP contribution in [0.15, 0.2) is 36.4 Å². The van der Waals surface area contributed by atoms with E-state index in [0.717, 1.165) is 60.7 Å². The molecule has 0 radical (unpaired) electrons. The number of ether oxygens (including phenoxy) is 3. The summed E-state index contributed by atoms with van der Waals surface area (Å²) in [6, 6.07) is 12.6. The lowest BCUT2D eigenvalue weighted by Gasteiger charge is -2.32. The van der Waals surface area contributed by atoms with Crippen LogP contribution >= 0.6 is 0 Å². The molecule has 6 nitrogen and oxygen atoms in total. The van der Waals surface area contributed by atoms with Gasteiger partial charge in [-0.1, -0.05) is 17.7 Å². The van der Waals surface area contributed by atoms with Crippen LogP contribution in [0.2, 0.25) is 0 Å². The molecule has 1 amide bonds. The monoisotopic (exact) mass is 424 g/mol. The predicted molar refractivity (Wildman–Crippen MR) is 120 cm³/mol. The average molecular weight is 425 g/mol. The first-order valence-electron chi connectivity index (χ1n) is 11.1. The number of nitrogens with one attached hydrogen (secondary N) is 1. The van der Waals surface area contributed by atoms with Gasteiger partial charge in [-0.05, 0) is 56.1 Å². The fraction of sp³-hybridized carbons (Fsp3) is 0.480. The zero-order valence-electron chi connectivity index (χ0n) is 18.5. The molecular weight excluding hydrogens is 392 g/mol. The minimum Gasteiger partial charge on any atom is -0.496 e. The van der Waals surface area contributed by atoms with Crippen molar-refractivity contribution in [2.24, 2.45) is 5.92 Å². The van der Waals surface area contributed by atoms with Gasteiger partial charge < -0.3 is 19.5 Å². The van der Waals surface area contributed by atoms with E-state index in [-0.39, 0.29) is 11.8 Å². The van der Waals surface area contributed by atoms with Crippen LogP contribution in [-0.4, -0.2) is 57.4 Å². The summed E-state index contributed by atoms with van der Waals surface area (Å²) in [6.45, 7) is 6.63. The molecule has 2 aliphatic rings. The van der Waals surface area contributed by atoms with Crippen LogP contribution in [0.3, 0.4) is 0 Å². The number of amides is 1. The second-order valence-corrected chi connectivity index (χ2v) is 8.35. The maximum atomic E-state index is 12.5. The molecule has 2 unspecified atom stereocenters. The van der Waals surface area contributed by atoms with Gasteiger partial charge in [-0.2, -0.15) is 0 Å². The lowest BCUT2D eigenvalue weighted by molar-refractivity contribution is -0.127. The number of aryl methyl sites for hydroxylation is 1. The predicted octanol–water partition coefficient (Wildman–Crippen LogP) is 3.41. The summed E-state index contributed by atoms with van der Waals surface area (Å²) in [5.74, 6) is 1.90. The number of benzene rings is 2. The molecule has 4 rings (SSSR count). The van der Waals surface area contributed by atoms with Gasteiger partial charge in [0.15, 0.2) is 0 Å². The van der Waals surface area contributed by atoms with Crippen LogP contribution in [-0.2, 0) is 16.1 Å². The quantitative estimate of drug-likeness (QED) is 0.801. The molecular formula is C25H32N2O4. The minimum atomic E-state index is 0.0288. The lowest BCUT2D eigenvalue weighted by atomic mass is 9.95. The summed E-state index contributed by atoms with van der Waals surface area (Å²) >= 11 is 0. The molecule has 2 aromatic carbocycles. The van der Waals surface area contributed by atoms with Crippen LogP contribution in [0.1, 0.15) is 24.0 Å². The van der Waals surface area contributed by atoms with E-state index in [0.29, 0.717) is 26.4 Å². The summed E-state index contributed by atoms with van der Waals surface area (Å²) < 4.78 is 17.3. The highest BCUT2D eigenvalue weighted by Crippen LogP contribution is 2.34. The summed E-state index contributed by atoms with van der Waals surface area (Å²) in [5.41, 5.74) is 4.49. The van der Waals surface area contributed by atoms with Crippen molar-refractivity contribution in [1.29, 1.82) is 0 Å². The van der Waals surface area contributed by atoms with Gasteiger partial charge in [0.05, 0.1) is 26.2 Å². The maximum absolute atomic E-state index is 12.5. The van der Waals surface area contributed by atoms with Crippen molar-refractivity contribution < 1.29 is 19.0 Å². The van der Waals surface area contributed by atoms with E-state index in [1.54, 1.807) is 7.11 Å². The van der Waals surface area contributed by atoms with E-state index in [2.05, 4.69) is 41.4 Å². The van der Waals surface area contributed by atoms with Crippen molar-refractivity contribution >= 4 is 5.91 Å². The van der Waals surface area contributed by atoms with Crippen molar-refractivity contribution in [2.45, 2.75) is 26.3 Å². The number of nitrogens with zero attached hydrogens (tertiary/aromatic N) is 1. The van der Waals surface area contributed by atoms with Crippen LogP contribution in [0.5, 0.6) is 11.5 Å². The highest BCUT2D eigenvalue weighted by molar-refractivity contribution is 5.79. The highest BCUT2D eigenvalue weighted by Gasteiger charge is 2.26. The molecule has 6 heteroatoms. The van der Waals surface area contributed by atoms with Crippen molar-refractivity contribution in [2.75, 3.05) is 46.6 Å². The second-order valence-electron chi connectivity index (χ2n) is 8.35. The van der Waals surface area contributed by atoms with Crippen LogP contribution < -0.4 is 14.8 Å². The number of carbonyl (C=O) groups is 1. The van der Waals surface area contributed by atoms with Gasteiger partial charge >= 0.3 is 0 Å². The van der Waals surface area contributed by atoms with E-state index in [9.17, 15) is 4.79 Å². The maximum Gasteiger partial charge on any atom is 0.224 e. The third kappa shape index (κ3) is 5.38. The number of piperidine rings is 1. The topological polar surface area (TPSA) is 60.0 Å². The Morgan fingerprint density at radius 2 is 2.03 bits per heavy atom. The standard InChI is InChI=1S/C25H32N2O4/c1-18-5-7-24(29-2)22(14-18)19-6-8-23-21(15-19)17-27-10-3-4-20(16-27)25(28)26-9-11-30-12-13-31-23/h5-8,14-15,20H,3-4,9-13,16-17H2,1-2H3,(H,26,28). The van der Waals surface area contributed by atoms with E-state index in [4.69, 9.17) is 14.2 Å². The van der Waals surface area contributed by atoms with E-state index in [1.165, 1.54) is 5.56 Å². The Kier molecular flexibility index (Phi) is 7.10. The first-order valence-corrected chi connectivity index (χ1v) is 11.1. The lowest BCUT2D eigenvalue weighted by Crippen LogP contribution is -2.43. The van der Waals surface area contributed by atoms with Crippen LogP contribution in [0.25, 0.3) is 11.1 Å². The zero-order valence-corrected chi connectivity index (χ0v) is 18.5. The van der Waals surface area contributed by atoms with Gasteiger partial charge in [-0.3, -0.25) is 9.69 Å². The molecule has 0 aliphatic carbocycles. The Labute approximate surface area is 184 Å². The van der Waals surface area contributed by atoms with Gasteiger partial charge in [0.25, 0.3) is 0 Å². The number of fused-ring (bicyclic) bond motifs is 3. The molecule has 0 aromatic heterocycles. The number of methoxy groups -OCH3 is 1. The minimum absolute atomic E-state index is 0.0288. The first kappa shape index (κ1) is 21.7. The molecule has 2 aromatic rings. The molecule has 0 saturated carbocycles. The van der Waals surface area contributed by atoms with Gasteiger partial charge in [-0.15, -0.1) is 0 Å². The van der Waals surface area contributed by atoms with Gasteiger partial charge in [-0.25, -0.2) is 0 Å². The van der Waals surface area contributed by atoms with Crippen molar-refractivity contribution in [1.82, 2.24) is 10.2 Å². The van der Waals surface area contributed by atoms with Gasteiger partial charge in [0, 0.05) is 30.8 Å². The van der Waals surface area contributed by atoms with Crippen molar-refractivity contribution in [3.63, 3.8) is 0 Å². The number of rotatable bonds is 2. The molecule has 1 fully saturated rings. The Morgan fingerprint density at radius 3 is 2.90 bits per heavy atom. The fourth-order valence-corrected chi connectivity index (χ4v) is 4.42. The smallest absolute Gasteiger partial charge is 0.224 e. The third-order valence-electron chi connectivity index (χ3n) is 6.03. The number of hydrogen-bond acceptors (Lipinski definition) is 5. The van der Waals surface area contributed by atoms with Crippen molar-refractivity contribution in [3.05, 3.63) is 47.5 Å². The molecule has 2 aliphatic heterocycles. The molecule has 2 bridgehead atoms. The van der Waals surface area contributed by atoms with E-state index >= 15 is 0 Å². The summed E-state index contributed by atoms with van der Waals surface area (Å²) in [5, 5.41) is 3.01. The van der Waals surface area contributed by atoms with Gasteiger partial charge in [0.2, 0.25) is 5.91 Å². The zero-order chi connectivity index (χ0) is 21.6. The molecule has 2 heterocycles. The van der Waals surface area contributed by atoms with Crippen molar-refractivity contribution in [3.8, 4) is 22.6 Å². The third-order valence-corrected chi connectivity index (χ3v) is 6.03.